The molecule has 1 aromatic carbocycles. The predicted octanol–water partition coefficient (Wildman–Crippen LogP) is 2.01. The van der Waals surface area contributed by atoms with E-state index in [4.69, 9.17) is 9.47 Å². The molecule has 7 heteroatoms. The van der Waals surface area contributed by atoms with Crippen LogP contribution in [0.3, 0.4) is 0 Å². The molecule has 3 rings (SSSR count). The Morgan fingerprint density at radius 1 is 1.21 bits per heavy atom. The molecule has 1 saturated heterocycles. The average Bonchev–Trinajstić information content (AvgIpc) is 2.72. The van der Waals surface area contributed by atoms with E-state index in [1.165, 1.54) is 25.6 Å². The molecule has 2 atom stereocenters. The number of methoxy groups -OCH3 is 1. The van der Waals surface area contributed by atoms with E-state index >= 15 is 0 Å². The van der Waals surface area contributed by atoms with Gasteiger partial charge < -0.3 is 19.3 Å². The maximum absolute atomic E-state index is 13.3. The minimum atomic E-state index is -0.519. The van der Waals surface area contributed by atoms with Crippen molar-refractivity contribution in [3.63, 3.8) is 0 Å². The van der Waals surface area contributed by atoms with Crippen molar-refractivity contribution in [2.24, 2.45) is 0 Å². The van der Waals surface area contributed by atoms with E-state index in [2.05, 4.69) is 4.98 Å². The Kier molecular flexibility index (Phi) is 6.38. The fraction of sp³-hybridized carbons (Fsp3) is 0.381. The van der Waals surface area contributed by atoms with Gasteiger partial charge in [0.2, 0.25) is 0 Å². The molecule has 1 fully saturated rings. The van der Waals surface area contributed by atoms with Crippen molar-refractivity contribution in [1.29, 1.82) is 0 Å². The van der Waals surface area contributed by atoms with E-state index in [0.29, 0.717) is 25.3 Å². The number of rotatable bonds is 5. The van der Waals surface area contributed by atoms with Crippen LogP contribution < -0.4 is 0 Å². The molecule has 0 N–H and O–H groups in total. The largest absolute Gasteiger partial charge is 0.465 e. The van der Waals surface area contributed by atoms with E-state index in [0.717, 1.165) is 5.56 Å². The van der Waals surface area contributed by atoms with Gasteiger partial charge in [-0.25, -0.2) is 4.79 Å². The summed E-state index contributed by atoms with van der Waals surface area (Å²) in [5, 5.41) is 0. The molecule has 0 saturated carbocycles. The monoisotopic (exact) mass is 383 g/mol. The average molecular weight is 383 g/mol. The highest BCUT2D eigenvalue weighted by atomic mass is 16.5. The second kappa shape index (κ2) is 8.95. The molecule has 7 nitrogen and oxygen atoms in total. The molecule has 1 aliphatic rings. The van der Waals surface area contributed by atoms with Gasteiger partial charge in [0, 0.05) is 25.5 Å². The highest BCUT2D eigenvalue weighted by Gasteiger charge is 2.37. The molecule has 0 radical (unpaired) electrons. The number of nitrogens with zero attached hydrogens (tertiary/aromatic N) is 3. The zero-order valence-electron chi connectivity index (χ0n) is 16.4. The smallest absolute Gasteiger partial charge is 0.339 e. The van der Waals surface area contributed by atoms with E-state index < -0.39 is 5.97 Å². The van der Waals surface area contributed by atoms with Crippen molar-refractivity contribution in [3.8, 4) is 0 Å². The van der Waals surface area contributed by atoms with Gasteiger partial charge in [0.15, 0.2) is 0 Å². The number of esters is 1. The minimum absolute atomic E-state index is 0.160. The second-order valence-electron chi connectivity index (χ2n) is 6.98. The number of likely N-dealkylation sites (N-methyl/N-ethyl adjacent to an activating group) is 1. The van der Waals surface area contributed by atoms with Gasteiger partial charge in [-0.3, -0.25) is 9.78 Å². The third-order valence-corrected chi connectivity index (χ3v) is 4.71. The van der Waals surface area contributed by atoms with Gasteiger partial charge in [0.25, 0.3) is 5.91 Å². The maximum Gasteiger partial charge on any atom is 0.339 e. The van der Waals surface area contributed by atoms with Gasteiger partial charge in [-0.15, -0.1) is 0 Å². The Bertz CT molecular complexity index is 825. The summed E-state index contributed by atoms with van der Waals surface area (Å²) in [7, 11) is 5.27. The van der Waals surface area contributed by atoms with Crippen LogP contribution in [0.25, 0.3) is 0 Å². The van der Waals surface area contributed by atoms with Gasteiger partial charge in [0.05, 0.1) is 37.0 Å². The van der Waals surface area contributed by atoms with E-state index in [-0.39, 0.29) is 23.6 Å². The maximum atomic E-state index is 13.3. The van der Waals surface area contributed by atoms with Crippen molar-refractivity contribution < 1.29 is 19.1 Å². The van der Waals surface area contributed by atoms with Crippen LogP contribution in [-0.2, 0) is 9.47 Å². The Hall–Kier alpha value is -2.77. The summed E-state index contributed by atoms with van der Waals surface area (Å²) < 4.78 is 10.8. The Morgan fingerprint density at radius 2 is 1.93 bits per heavy atom. The summed E-state index contributed by atoms with van der Waals surface area (Å²) in [6, 6.07) is 11.2. The molecule has 148 valence electrons. The first-order chi connectivity index (χ1) is 13.5. The van der Waals surface area contributed by atoms with Crippen LogP contribution >= 0.6 is 0 Å². The summed E-state index contributed by atoms with van der Waals surface area (Å²) in [6.45, 7) is 1.60. The summed E-state index contributed by atoms with van der Waals surface area (Å²) >= 11 is 0. The number of pyridine rings is 1. The van der Waals surface area contributed by atoms with Gasteiger partial charge in [-0.05, 0) is 25.7 Å². The van der Waals surface area contributed by atoms with Crippen LogP contribution in [0.1, 0.15) is 32.3 Å². The first-order valence-corrected chi connectivity index (χ1v) is 9.17. The fourth-order valence-electron chi connectivity index (χ4n) is 3.47. The summed E-state index contributed by atoms with van der Waals surface area (Å²) in [5.41, 5.74) is 1.62. The first kappa shape index (κ1) is 20.0. The molecule has 1 aromatic heterocycles. The Balaban J connectivity index is 1.95. The third kappa shape index (κ3) is 4.37. The molecule has 2 aromatic rings. The lowest BCUT2D eigenvalue weighted by Crippen LogP contribution is -2.51. The molecule has 0 unspecified atom stereocenters. The van der Waals surface area contributed by atoms with Gasteiger partial charge in [-0.1, -0.05) is 30.3 Å². The highest BCUT2D eigenvalue weighted by molar-refractivity contribution is 5.97. The van der Waals surface area contributed by atoms with Gasteiger partial charge in [-0.2, -0.15) is 0 Å². The van der Waals surface area contributed by atoms with E-state index in [9.17, 15) is 9.59 Å². The standard InChI is InChI=1S/C21H25N3O4/c1-23(2)14-18-19(15-7-5-4-6-8-15)24(9-10-28-18)20(25)16-11-17(13-22-12-16)21(26)27-3/h4-8,11-13,18-19H,9-10,14H2,1-3H3/t18-,19-/m0/s1. The number of aromatic nitrogens is 1. The first-order valence-electron chi connectivity index (χ1n) is 9.17. The molecular formula is C21H25N3O4. The molecule has 28 heavy (non-hydrogen) atoms. The number of ether oxygens (including phenoxy) is 2. The van der Waals surface area contributed by atoms with Crippen LogP contribution in [0, 0.1) is 0 Å². The van der Waals surface area contributed by atoms with Gasteiger partial charge in [0.1, 0.15) is 0 Å². The van der Waals surface area contributed by atoms with Crippen LogP contribution in [0.2, 0.25) is 0 Å². The second-order valence-corrected chi connectivity index (χ2v) is 6.98. The number of carbonyl (C=O) groups excluding carboxylic acids is 2. The number of amides is 1. The zero-order chi connectivity index (χ0) is 20.1. The topological polar surface area (TPSA) is 72.0 Å². The Morgan fingerprint density at radius 3 is 2.61 bits per heavy atom. The number of morpholine rings is 1. The van der Waals surface area contributed by atoms with Crippen molar-refractivity contribution in [2.75, 3.05) is 40.9 Å². The zero-order valence-corrected chi connectivity index (χ0v) is 16.4. The van der Waals surface area contributed by atoms with E-state index in [1.54, 1.807) is 0 Å². The van der Waals surface area contributed by atoms with Crippen LogP contribution in [0.15, 0.2) is 48.8 Å². The highest BCUT2D eigenvalue weighted by Crippen LogP contribution is 2.31. The lowest BCUT2D eigenvalue weighted by molar-refractivity contribution is -0.0684. The van der Waals surface area contributed by atoms with Crippen LogP contribution in [0.4, 0.5) is 0 Å². The van der Waals surface area contributed by atoms with Crippen molar-refractivity contribution in [3.05, 3.63) is 65.5 Å². The summed E-state index contributed by atoms with van der Waals surface area (Å²) in [4.78, 5) is 33.1. The van der Waals surface area contributed by atoms with Crippen molar-refractivity contribution >= 4 is 11.9 Å². The minimum Gasteiger partial charge on any atom is -0.465 e. The summed E-state index contributed by atoms with van der Waals surface area (Å²) in [5.74, 6) is -0.701. The fourth-order valence-corrected chi connectivity index (χ4v) is 3.47. The number of benzene rings is 1. The lowest BCUT2D eigenvalue weighted by Gasteiger charge is -2.42. The third-order valence-electron chi connectivity index (χ3n) is 4.71. The SMILES string of the molecule is COC(=O)c1cncc(C(=O)N2CCO[C@@H](CN(C)C)[C@@H]2c2ccccc2)c1. The molecule has 1 amide bonds. The predicted molar refractivity (Wildman–Crippen MR) is 104 cm³/mol. The number of hydrogen-bond acceptors (Lipinski definition) is 6. The number of carbonyl (C=O) groups is 2. The quantitative estimate of drug-likeness (QED) is 0.736. The van der Waals surface area contributed by atoms with E-state index in [1.807, 2.05) is 54.2 Å². The molecule has 2 heterocycles. The normalized spacial score (nSPS) is 19.5. The summed E-state index contributed by atoms with van der Waals surface area (Å²) in [6.07, 6.45) is 2.71. The van der Waals surface area contributed by atoms with Gasteiger partial charge >= 0.3 is 5.97 Å². The molecule has 1 aliphatic heterocycles. The lowest BCUT2D eigenvalue weighted by atomic mass is 9.96. The molecule has 0 spiro atoms. The van der Waals surface area contributed by atoms with Crippen molar-refractivity contribution in [2.45, 2.75) is 12.1 Å². The number of hydrogen-bond donors (Lipinski definition) is 0. The molecule has 0 aliphatic carbocycles. The Labute approximate surface area is 164 Å². The molecular weight excluding hydrogens is 358 g/mol. The van der Waals surface area contributed by atoms with Crippen molar-refractivity contribution in [1.82, 2.24) is 14.8 Å². The van der Waals surface area contributed by atoms with Crippen LogP contribution in [-0.4, -0.2) is 73.7 Å². The van der Waals surface area contributed by atoms with Crippen LogP contribution in [0.5, 0.6) is 0 Å². The molecule has 0 bridgehead atoms.